The van der Waals surface area contributed by atoms with Crippen LogP contribution in [0.2, 0.25) is 0 Å². The number of benzene rings is 2. The molecule has 8 heteroatoms. The van der Waals surface area contributed by atoms with Crippen molar-refractivity contribution in [1.82, 2.24) is 9.55 Å². The van der Waals surface area contributed by atoms with Gasteiger partial charge in [0.05, 0.1) is 24.8 Å². The van der Waals surface area contributed by atoms with Gasteiger partial charge in [-0.3, -0.25) is 9.59 Å². The van der Waals surface area contributed by atoms with E-state index in [0.717, 1.165) is 22.2 Å². The van der Waals surface area contributed by atoms with Crippen LogP contribution in [0.5, 0.6) is 5.75 Å². The van der Waals surface area contributed by atoms with Gasteiger partial charge in [0, 0.05) is 30.9 Å². The molecule has 0 radical (unpaired) electrons. The summed E-state index contributed by atoms with van der Waals surface area (Å²) < 4.78 is 7.14. The molecule has 150 valence electrons. The van der Waals surface area contributed by atoms with Crippen molar-refractivity contribution in [2.24, 2.45) is 7.05 Å². The third-order valence-corrected chi connectivity index (χ3v) is 5.17. The molecule has 0 unspecified atom stereocenters. The highest BCUT2D eigenvalue weighted by molar-refractivity contribution is 7.99. The van der Waals surface area contributed by atoms with E-state index in [-0.39, 0.29) is 17.6 Å². The summed E-state index contributed by atoms with van der Waals surface area (Å²) in [5, 5.41) is 6.28. The fourth-order valence-electron chi connectivity index (χ4n) is 2.76. The molecule has 0 bridgehead atoms. The number of amides is 2. The third kappa shape index (κ3) is 5.39. The van der Waals surface area contributed by atoms with Gasteiger partial charge < -0.3 is 19.9 Å². The molecule has 2 N–H and O–H groups in total. The Morgan fingerprint density at radius 1 is 1.10 bits per heavy atom. The quantitative estimate of drug-likeness (QED) is 0.579. The Bertz CT molecular complexity index is 1020. The summed E-state index contributed by atoms with van der Waals surface area (Å²) in [5.74, 6) is 0.706. The number of aromatic nitrogens is 2. The van der Waals surface area contributed by atoms with E-state index in [4.69, 9.17) is 4.74 Å². The zero-order valence-corrected chi connectivity index (χ0v) is 17.2. The van der Waals surface area contributed by atoms with E-state index in [9.17, 15) is 9.59 Å². The zero-order valence-electron chi connectivity index (χ0n) is 16.4. The molecule has 0 spiro atoms. The monoisotopic (exact) mass is 410 g/mol. The summed E-state index contributed by atoms with van der Waals surface area (Å²) in [5.41, 5.74) is 3.24. The van der Waals surface area contributed by atoms with Crippen molar-refractivity contribution in [2.75, 3.05) is 23.5 Å². The molecular formula is C21H22N4O3S. The second kappa shape index (κ2) is 9.29. The van der Waals surface area contributed by atoms with E-state index >= 15 is 0 Å². The van der Waals surface area contributed by atoms with Gasteiger partial charge in [0.1, 0.15) is 5.75 Å². The molecule has 0 fully saturated rings. The molecule has 2 amide bonds. The number of anilines is 2. The third-order valence-electron chi connectivity index (χ3n) is 4.13. The predicted octanol–water partition coefficient (Wildman–Crippen LogP) is 3.78. The Morgan fingerprint density at radius 3 is 2.45 bits per heavy atom. The first-order valence-corrected chi connectivity index (χ1v) is 9.91. The van der Waals surface area contributed by atoms with Crippen LogP contribution < -0.4 is 15.4 Å². The molecule has 0 saturated carbocycles. The number of carbonyl (C=O) groups excluding carboxylic acids is 2. The average molecular weight is 410 g/mol. The number of carbonyl (C=O) groups is 2. The van der Waals surface area contributed by atoms with Gasteiger partial charge in [0.2, 0.25) is 11.8 Å². The molecule has 29 heavy (non-hydrogen) atoms. The number of nitrogens with zero attached hydrogens (tertiary/aromatic N) is 2. The van der Waals surface area contributed by atoms with Gasteiger partial charge in [-0.25, -0.2) is 4.98 Å². The van der Waals surface area contributed by atoms with E-state index in [1.54, 1.807) is 37.6 Å². The molecule has 0 aliphatic rings. The van der Waals surface area contributed by atoms with Gasteiger partial charge in [-0.15, -0.1) is 0 Å². The molecule has 3 aromatic rings. The van der Waals surface area contributed by atoms with E-state index in [2.05, 4.69) is 15.6 Å². The number of imidazole rings is 1. The normalized spacial score (nSPS) is 10.4. The standard InChI is InChI=1S/C21H22N4O3S/c1-14(26)23-16-5-4-6-17(11-16)24-20(27)13-29-21-22-12-19(25(21)2)15-7-9-18(28-3)10-8-15/h4-12H,13H2,1-3H3,(H,23,26)(H,24,27). The predicted molar refractivity (Wildman–Crippen MR) is 115 cm³/mol. The summed E-state index contributed by atoms with van der Waals surface area (Å²) in [6, 6.07) is 14.8. The number of hydrogen-bond acceptors (Lipinski definition) is 5. The number of nitrogens with one attached hydrogen (secondary N) is 2. The summed E-state index contributed by atoms with van der Waals surface area (Å²) in [4.78, 5) is 27.9. The lowest BCUT2D eigenvalue weighted by Crippen LogP contribution is -2.15. The van der Waals surface area contributed by atoms with Gasteiger partial charge in [0.15, 0.2) is 5.16 Å². The topological polar surface area (TPSA) is 85.2 Å². The molecule has 1 heterocycles. The summed E-state index contributed by atoms with van der Waals surface area (Å²) in [6.07, 6.45) is 1.79. The maximum Gasteiger partial charge on any atom is 0.234 e. The van der Waals surface area contributed by atoms with Gasteiger partial charge >= 0.3 is 0 Å². The van der Waals surface area contributed by atoms with E-state index in [1.807, 2.05) is 35.9 Å². The van der Waals surface area contributed by atoms with Crippen LogP contribution >= 0.6 is 11.8 Å². The highest BCUT2D eigenvalue weighted by Gasteiger charge is 2.12. The second-order valence-corrected chi connectivity index (χ2v) is 7.25. The first kappa shape index (κ1) is 20.5. The highest BCUT2D eigenvalue weighted by atomic mass is 32.2. The molecule has 0 aliphatic carbocycles. The molecular weight excluding hydrogens is 388 g/mol. The van der Waals surface area contributed by atoms with Gasteiger partial charge in [0.25, 0.3) is 0 Å². The van der Waals surface area contributed by atoms with E-state index in [1.165, 1.54) is 18.7 Å². The Morgan fingerprint density at radius 2 is 1.79 bits per heavy atom. The smallest absolute Gasteiger partial charge is 0.234 e. The second-order valence-electron chi connectivity index (χ2n) is 6.31. The lowest BCUT2D eigenvalue weighted by molar-refractivity contribution is -0.114. The van der Waals surface area contributed by atoms with Crippen LogP contribution in [-0.2, 0) is 16.6 Å². The van der Waals surface area contributed by atoms with Crippen LogP contribution in [0.15, 0.2) is 59.9 Å². The van der Waals surface area contributed by atoms with Crippen LogP contribution in [0, 0.1) is 0 Å². The van der Waals surface area contributed by atoms with Crippen LogP contribution in [0.3, 0.4) is 0 Å². The van der Waals surface area contributed by atoms with E-state index < -0.39 is 0 Å². The average Bonchev–Trinajstić information content (AvgIpc) is 3.06. The van der Waals surface area contributed by atoms with Crippen molar-refractivity contribution in [1.29, 1.82) is 0 Å². The van der Waals surface area contributed by atoms with Crippen molar-refractivity contribution < 1.29 is 14.3 Å². The van der Waals surface area contributed by atoms with Gasteiger partial charge in [-0.05, 0) is 42.5 Å². The lowest BCUT2D eigenvalue weighted by Gasteiger charge is -2.09. The summed E-state index contributed by atoms with van der Waals surface area (Å²) >= 11 is 1.36. The lowest BCUT2D eigenvalue weighted by atomic mass is 10.1. The van der Waals surface area contributed by atoms with Crippen molar-refractivity contribution in [3.05, 3.63) is 54.7 Å². The number of rotatable bonds is 7. The summed E-state index contributed by atoms with van der Waals surface area (Å²) in [7, 11) is 3.55. The maximum atomic E-state index is 12.3. The SMILES string of the molecule is COc1ccc(-c2cnc(SCC(=O)Nc3cccc(NC(C)=O)c3)n2C)cc1. The number of thioether (sulfide) groups is 1. The molecule has 0 atom stereocenters. The minimum Gasteiger partial charge on any atom is -0.497 e. The van der Waals surface area contributed by atoms with Crippen LogP contribution in [0.25, 0.3) is 11.3 Å². The Kier molecular flexibility index (Phi) is 6.56. The number of ether oxygens (including phenoxy) is 1. The minimum atomic E-state index is -0.161. The molecule has 3 rings (SSSR count). The van der Waals surface area contributed by atoms with Crippen LogP contribution in [0.4, 0.5) is 11.4 Å². The molecule has 1 aromatic heterocycles. The molecule has 2 aromatic carbocycles. The fourth-order valence-corrected chi connectivity index (χ4v) is 3.51. The zero-order chi connectivity index (χ0) is 20.8. The Balaban J connectivity index is 1.60. The number of hydrogen-bond donors (Lipinski definition) is 2. The fraction of sp³-hybridized carbons (Fsp3) is 0.190. The Labute approximate surface area is 173 Å². The van der Waals surface area contributed by atoms with Crippen molar-refractivity contribution in [3.63, 3.8) is 0 Å². The van der Waals surface area contributed by atoms with Crippen molar-refractivity contribution in [2.45, 2.75) is 12.1 Å². The number of methoxy groups -OCH3 is 1. The highest BCUT2D eigenvalue weighted by Crippen LogP contribution is 2.26. The first-order chi connectivity index (χ1) is 14.0. The minimum absolute atomic E-state index is 0.149. The van der Waals surface area contributed by atoms with Gasteiger partial charge in [-0.2, -0.15) is 0 Å². The molecule has 0 aliphatic heterocycles. The molecule has 7 nitrogen and oxygen atoms in total. The first-order valence-electron chi connectivity index (χ1n) is 8.92. The van der Waals surface area contributed by atoms with Gasteiger partial charge in [-0.1, -0.05) is 17.8 Å². The van der Waals surface area contributed by atoms with Crippen molar-refractivity contribution >= 4 is 35.0 Å². The van der Waals surface area contributed by atoms with Crippen LogP contribution in [0.1, 0.15) is 6.92 Å². The maximum absolute atomic E-state index is 12.3. The summed E-state index contributed by atoms with van der Waals surface area (Å²) in [6.45, 7) is 1.44. The van der Waals surface area contributed by atoms with Crippen molar-refractivity contribution in [3.8, 4) is 17.0 Å². The molecule has 0 saturated heterocycles. The van der Waals surface area contributed by atoms with E-state index in [0.29, 0.717) is 11.4 Å². The largest absolute Gasteiger partial charge is 0.497 e. The Hall–Kier alpha value is -3.26. The van der Waals surface area contributed by atoms with Crippen LogP contribution in [-0.4, -0.2) is 34.2 Å².